The number of benzene rings is 1. The first-order chi connectivity index (χ1) is 8.69. The quantitative estimate of drug-likeness (QED) is 0.821. The fourth-order valence-electron chi connectivity index (χ4n) is 2.07. The van der Waals surface area contributed by atoms with E-state index in [1.807, 2.05) is 6.92 Å². The van der Waals surface area contributed by atoms with Crippen LogP contribution in [-0.2, 0) is 4.74 Å². The molecular formula is C14H20FNO2. The van der Waals surface area contributed by atoms with Crippen molar-refractivity contribution in [3.05, 3.63) is 29.6 Å². The van der Waals surface area contributed by atoms with Crippen molar-refractivity contribution in [3.63, 3.8) is 0 Å². The lowest BCUT2D eigenvalue weighted by Gasteiger charge is -2.31. The lowest BCUT2D eigenvalue weighted by Crippen LogP contribution is -2.44. The summed E-state index contributed by atoms with van der Waals surface area (Å²) in [5, 5.41) is 0. The molecule has 0 amide bonds. The Morgan fingerprint density at radius 1 is 1.50 bits per heavy atom. The average molecular weight is 253 g/mol. The fraction of sp³-hybridized carbons (Fsp3) is 0.571. The first-order valence-electron chi connectivity index (χ1n) is 6.42. The molecule has 1 saturated heterocycles. The zero-order chi connectivity index (χ0) is 13.0. The number of nitrogens with zero attached hydrogens (tertiary/aromatic N) is 1. The molecule has 4 heteroatoms. The van der Waals surface area contributed by atoms with E-state index in [1.165, 1.54) is 6.07 Å². The Kier molecular flexibility index (Phi) is 4.55. The van der Waals surface area contributed by atoms with E-state index in [9.17, 15) is 4.39 Å². The van der Waals surface area contributed by atoms with Gasteiger partial charge in [0.15, 0.2) is 11.6 Å². The number of halogens is 1. The Balaban J connectivity index is 1.89. The van der Waals surface area contributed by atoms with Crippen LogP contribution < -0.4 is 4.74 Å². The van der Waals surface area contributed by atoms with Crippen LogP contribution in [0.2, 0.25) is 0 Å². The molecule has 100 valence electrons. The maximum atomic E-state index is 13.5. The van der Waals surface area contributed by atoms with E-state index in [2.05, 4.69) is 11.8 Å². The Morgan fingerprint density at radius 3 is 3.11 bits per heavy atom. The molecule has 0 aliphatic carbocycles. The monoisotopic (exact) mass is 253 g/mol. The highest BCUT2D eigenvalue weighted by Crippen LogP contribution is 2.19. The largest absolute Gasteiger partial charge is 0.488 e. The van der Waals surface area contributed by atoms with Crippen molar-refractivity contribution < 1.29 is 13.9 Å². The Morgan fingerprint density at radius 2 is 2.33 bits per heavy atom. The molecule has 18 heavy (non-hydrogen) atoms. The van der Waals surface area contributed by atoms with Crippen LogP contribution in [0.15, 0.2) is 18.2 Å². The summed E-state index contributed by atoms with van der Waals surface area (Å²) in [4.78, 5) is 2.31. The van der Waals surface area contributed by atoms with Gasteiger partial charge in [-0.1, -0.05) is 13.0 Å². The van der Waals surface area contributed by atoms with Crippen LogP contribution in [0.25, 0.3) is 0 Å². The van der Waals surface area contributed by atoms with E-state index in [0.717, 1.165) is 31.8 Å². The van der Waals surface area contributed by atoms with E-state index in [-0.39, 0.29) is 11.9 Å². The molecule has 1 atom stereocenters. The highest BCUT2D eigenvalue weighted by Gasteiger charge is 2.20. The van der Waals surface area contributed by atoms with E-state index in [1.54, 1.807) is 12.1 Å². The number of rotatable bonds is 4. The van der Waals surface area contributed by atoms with Crippen molar-refractivity contribution in [2.45, 2.75) is 20.0 Å². The molecule has 0 saturated carbocycles. The van der Waals surface area contributed by atoms with Crippen molar-refractivity contribution in [1.29, 1.82) is 0 Å². The van der Waals surface area contributed by atoms with E-state index in [0.29, 0.717) is 12.4 Å². The predicted molar refractivity (Wildman–Crippen MR) is 68.5 cm³/mol. The lowest BCUT2D eigenvalue weighted by molar-refractivity contribution is -0.0468. The molecule has 3 nitrogen and oxygen atoms in total. The number of morpholine rings is 1. The van der Waals surface area contributed by atoms with Gasteiger partial charge in [0.25, 0.3) is 0 Å². The Labute approximate surface area is 107 Å². The molecule has 2 rings (SSSR count). The highest BCUT2D eigenvalue weighted by atomic mass is 19.1. The minimum Gasteiger partial charge on any atom is -0.488 e. The summed E-state index contributed by atoms with van der Waals surface area (Å²) in [6.45, 7) is 8.00. The molecule has 1 aromatic carbocycles. The van der Waals surface area contributed by atoms with Crippen molar-refractivity contribution in [1.82, 2.24) is 4.90 Å². The minimum absolute atomic E-state index is 0.0265. The van der Waals surface area contributed by atoms with E-state index < -0.39 is 0 Å². The van der Waals surface area contributed by atoms with Crippen LogP contribution in [0.3, 0.4) is 0 Å². The van der Waals surface area contributed by atoms with Gasteiger partial charge in [-0.25, -0.2) is 4.39 Å². The molecule has 1 aromatic rings. The van der Waals surface area contributed by atoms with Crippen molar-refractivity contribution in [2.24, 2.45) is 0 Å². The number of aryl methyl sites for hydroxylation is 1. The van der Waals surface area contributed by atoms with E-state index in [4.69, 9.17) is 9.47 Å². The smallest absolute Gasteiger partial charge is 0.165 e. The molecule has 0 spiro atoms. The summed E-state index contributed by atoms with van der Waals surface area (Å²) < 4.78 is 24.6. The Bertz CT molecular complexity index is 397. The zero-order valence-electron chi connectivity index (χ0n) is 11.0. The molecule has 0 bridgehead atoms. The van der Waals surface area contributed by atoms with Gasteiger partial charge >= 0.3 is 0 Å². The molecule has 1 aliphatic heterocycles. The summed E-state index contributed by atoms with van der Waals surface area (Å²) in [6.07, 6.45) is 0.0265. The predicted octanol–water partition coefficient (Wildman–Crippen LogP) is 2.23. The van der Waals surface area contributed by atoms with Crippen LogP contribution >= 0.6 is 0 Å². The SMILES string of the molecule is CCN1CCOC(COc2cc(C)ccc2F)C1. The van der Waals surface area contributed by atoms with Crippen LogP contribution in [0, 0.1) is 12.7 Å². The zero-order valence-corrected chi connectivity index (χ0v) is 11.0. The second-order valence-electron chi connectivity index (χ2n) is 4.63. The van der Waals surface area contributed by atoms with Crippen molar-refractivity contribution in [2.75, 3.05) is 32.8 Å². The molecule has 0 radical (unpaired) electrons. The van der Waals surface area contributed by atoms with Crippen LogP contribution in [0.1, 0.15) is 12.5 Å². The number of hydrogen-bond acceptors (Lipinski definition) is 3. The summed E-state index contributed by atoms with van der Waals surface area (Å²) in [7, 11) is 0. The molecule has 0 N–H and O–H groups in total. The maximum absolute atomic E-state index is 13.5. The lowest BCUT2D eigenvalue weighted by atomic mass is 10.2. The number of ether oxygens (including phenoxy) is 2. The third-order valence-electron chi connectivity index (χ3n) is 3.18. The molecule has 0 aromatic heterocycles. The standard InChI is InChI=1S/C14H20FNO2/c1-3-16-6-7-17-12(9-16)10-18-14-8-11(2)4-5-13(14)15/h4-5,8,12H,3,6-7,9-10H2,1-2H3. The van der Waals surface area contributed by atoms with Crippen LogP contribution in [0.4, 0.5) is 4.39 Å². The third kappa shape index (κ3) is 3.43. The van der Waals surface area contributed by atoms with Crippen molar-refractivity contribution in [3.8, 4) is 5.75 Å². The molecule has 1 aliphatic rings. The minimum atomic E-state index is -0.316. The Hall–Kier alpha value is -1.13. The van der Waals surface area contributed by atoms with Gasteiger partial charge in [-0.05, 0) is 31.2 Å². The third-order valence-corrected chi connectivity index (χ3v) is 3.18. The van der Waals surface area contributed by atoms with Crippen LogP contribution in [-0.4, -0.2) is 43.9 Å². The first-order valence-corrected chi connectivity index (χ1v) is 6.42. The van der Waals surface area contributed by atoms with Gasteiger partial charge in [0.1, 0.15) is 12.7 Å². The average Bonchev–Trinajstić information content (AvgIpc) is 2.40. The number of likely N-dealkylation sites (N-methyl/N-ethyl adjacent to an activating group) is 1. The van der Waals surface area contributed by atoms with Gasteiger partial charge in [0.2, 0.25) is 0 Å². The summed E-state index contributed by atoms with van der Waals surface area (Å²) >= 11 is 0. The summed E-state index contributed by atoms with van der Waals surface area (Å²) in [6, 6.07) is 4.89. The maximum Gasteiger partial charge on any atom is 0.165 e. The summed E-state index contributed by atoms with van der Waals surface area (Å²) in [5.74, 6) is -0.00372. The number of hydrogen-bond donors (Lipinski definition) is 0. The normalized spacial score (nSPS) is 20.9. The van der Waals surface area contributed by atoms with Crippen molar-refractivity contribution >= 4 is 0 Å². The van der Waals surface area contributed by atoms with Gasteiger partial charge in [0.05, 0.1) is 6.61 Å². The molecular weight excluding hydrogens is 233 g/mol. The van der Waals surface area contributed by atoms with Gasteiger partial charge in [-0.15, -0.1) is 0 Å². The van der Waals surface area contributed by atoms with Crippen LogP contribution in [0.5, 0.6) is 5.75 Å². The first kappa shape index (κ1) is 13.3. The van der Waals surface area contributed by atoms with Gasteiger partial charge in [-0.2, -0.15) is 0 Å². The highest BCUT2D eigenvalue weighted by molar-refractivity contribution is 5.29. The topological polar surface area (TPSA) is 21.7 Å². The van der Waals surface area contributed by atoms with Gasteiger partial charge < -0.3 is 9.47 Å². The fourth-order valence-corrected chi connectivity index (χ4v) is 2.07. The molecule has 1 unspecified atom stereocenters. The molecule has 1 heterocycles. The van der Waals surface area contributed by atoms with Gasteiger partial charge in [0, 0.05) is 13.1 Å². The second kappa shape index (κ2) is 6.16. The second-order valence-corrected chi connectivity index (χ2v) is 4.63. The summed E-state index contributed by atoms with van der Waals surface area (Å²) in [5.41, 5.74) is 0.992. The van der Waals surface area contributed by atoms with E-state index >= 15 is 0 Å². The molecule has 1 fully saturated rings. The van der Waals surface area contributed by atoms with Gasteiger partial charge in [-0.3, -0.25) is 4.90 Å².